The van der Waals surface area contributed by atoms with E-state index in [1.54, 1.807) is 4.31 Å². The van der Waals surface area contributed by atoms with E-state index in [-0.39, 0.29) is 17.5 Å². The standard InChI is InChI=1S/C12H24N2O4S2/c1-19(15,16)9-10-20(17,18)14-8-2-3-12(14)11-4-6-13-7-5-11/h11-13H,2-10H2,1H3. The molecule has 0 aromatic heterocycles. The first-order valence-electron chi connectivity index (χ1n) is 7.17. The molecule has 2 heterocycles. The SMILES string of the molecule is CS(=O)(=O)CCS(=O)(=O)N1CCCC1C1CCNCC1. The van der Waals surface area contributed by atoms with E-state index in [0.717, 1.165) is 45.0 Å². The van der Waals surface area contributed by atoms with Crippen molar-refractivity contribution in [2.24, 2.45) is 5.92 Å². The summed E-state index contributed by atoms with van der Waals surface area (Å²) < 4.78 is 48.7. The lowest BCUT2D eigenvalue weighted by Crippen LogP contribution is -2.45. The molecule has 0 saturated carbocycles. The van der Waals surface area contributed by atoms with Gasteiger partial charge in [0.15, 0.2) is 0 Å². The van der Waals surface area contributed by atoms with Crippen LogP contribution in [0.25, 0.3) is 0 Å². The number of nitrogens with one attached hydrogen (secondary N) is 1. The zero-order chi connectivity index (χ0) is 14.8. The fraction of sp³-hybridized carbons (Fsp3) is 1.00. The molecule has 0 amide bonds. The topological polar surface area (TPSA) is 83.5 Å². The summed E-state index contributed by atoms with van der Waals surface area (Å²) in [6.45, 7) is 2.43. The average molecular weight is 324 g/mol. The molecule has 1 atom stereocenters. The zero-order valence-electron chi connectivity index (χ0n) is 11.9. The normalized spacial score (nSPS) is 26.9. The molecule has 0 radical (unpaired) electrons. The van der Waals surface area contributed by atoms with Crippen molar-refractivity contribution in [3.63, 3.8) is 0 Å². The summed E-state index contributed by atoms with van der Waals surface area (Å²) in [4.78, 5) is 0. The average Bonchev–Trinajstić information content (AvgIpc) is 2.87. The summed E-state index contributed by atoms with van der Waals surface area (Å²) in [5.74, 6) is -0.162. The zero-order valence-corrected chi connectivity index (χ0v) is 13.5. The third kappa shape index (κ3) is 4.16. The van der Waals surface area contributed by atoms with Crippen molar-refractivity contribution < 1.29 is 16.8 Å². The van der Waals surface area contributed by atoms with Crippen LogP contribution in [-0.2, 0) is 19.9 Å². The third-order valence-electron chi connectivity index (χ3n) is 4.25. The first-order valence-corrected chi connectivity index (χ1v) is 10.8. The Morgan fingerprint density at radius 1 is 1.05 bits per heavy atom. The summed E-state index contributed by atoms with van der Waals surface area (Å²) >= 11 is 0. The van der Waals surface area contributed by atoms with Crippen molar-refractivity contribution in [2.75, 3.05) is 37.4 Å². The van der Waals surface area contributed by atoms with E-state index < -0.39 is 19.9 Å². The molecule has 1 N–H and O–H groups in total. The Hall–Kier alpha value is -0.180. The Bertz CT molecular complexity index is 524. The van der Waals surface area contributed by atoms with Crippen molar-refractivity contribution >= 4 is 19.9 Å². The number of piperidine rings is 1. The van der Waals surface area contributed by atoms with Gasteiger partial charge >= 0.3 is 0 Å². The maximum Gasteiger partial charge on any atom is 0.215 e. The highest BCUT2D eigenvalue weighted by Crippen LogP contribution is 2.31. The van der Waals surface area contributed by atoms with Crippen LogP contribution in [0.5, 0.6) is 0 Å². The van der Waals surface area contributed by atoms with Gasteiger partial charge in [-0.2, -0.15) is 4.31 Å². The Labute approximate surface area is 121 Å². The molecule has 2 aliphatic heterocycles. The van der Waals surface area contributed by atoms with Crippen LogP contribution in [0, 0.1) is 5.92 Å². The van der Waals surface area contributed by atoms with Crippen molar-refractivity contribution in [2.45, 2.75) is 31.7 Å². The fourth-order valence-electron chi connectivity index (χ4n) is 3.19. The Morgan fingerprint density at radius 3 is 2.30 bits per heavy atom. The lowest BCUT2D eigenvalue weighted by Gasteiger charge is -2.33. The quantitative estimate of drug-likeness (QED) is 0.759. The molecule has 0 aromatic carbocycles. The van der Waals surface area contributed by atoms with Gasteiger partial charge in [-0.25, -0.2) is 16.8 Å². The van der Waals surface area contributed by atoms with Crippen LogP contribution < -0.4 is 5.32 Å². The lowest BCUT2D eigenvalue weighted by molar-refractivity contribution is 0.235. The second-order valence-corrected chi connectivity index (χ2v) is 10.2. The number of hydrogen-bond donors (Lipinski definition) is 1. The highest BCUT2D eigenvalue weighted by atomic mass is 32.2. The molecule has 0 aliphatic carbocycles. The number of hydrogen-bond acceptors (Lipinski definition) is 5. The van der Waals surface area contributed by atoms with Gasteiger partial charge in [-0.05, 0) is 44.7 Å². The van der Waals surface area contributed by atoms with Crippen molar-refractivity contribution in [3.05, 3.63) is 0 Å². The minimum absolute atomic E-state index is 0.0710. The van der Waals surface area contributed by atoms with E-state index in [2.05, 4.69) is 5.32 Å². The van der Waals surface area contributed by atoms with Gasteiger partial charge in [0.2, 0.25) is 10.0 Å². The molecule has 2 fully saturated rings. The fourth-order valence-corrected chi connectivity index (χ4v) is 6.57. The number of sulfone groups is 1. The van der Waals surface area contributed by atoms with Gasteiger partial charge < -0.3 is 5.32 Å². The Balaban J connectivity index is 2.05. The van der Waals surface area contributed by atoms with Crippen molar-refractivity contribution in [1.29, 1.82) is 0 Å². The Morgan fingerprint density at radius 2 is 1.70 bits per heavy atom. The molecular weight excluding hydrogens is 300 g/mol. The molecule has 20 heavy (non-hydrogen) atoms. The predicted octanol–water partition coefficient (Wildman–Crippen LogP) is -0.175. The molecule has 6 nitrogen and oxygen atoms in total. The van der Waals surface area contributed by atoms with Crippen LogP contribution in [0.4, 0.5) is 0 Å². The number of nitrogens with zero attached hydrogens (tertiary/aromatic N) is 1. The first kappa shape index (κ1) is 16.2. The molecule has 0 aromatic rings. The van der Waals surface area contributed by atoms with Gasteiger partial charge in [-0.15, -0.1) is 0 Å². The van der Waals surface area contributed by atoms with Crippen LogP contribution in [0.2, 0.25) is 0 Å². The van der Waals surface area contributed by atoms with Gasteiger partial charge in [-0.3, -0.25) is 0 Å². The molecular formula is C12H24N2O4S2. The second-order valence-electron chi connectivity index (χ2n) is 5.85. The van der Waals surface area contributed by atoms with E-state index in [1.165, 1.54) is 0 Å². The minimum Gasteiger partial charge on any atom is -0.317 e. The highest BCUT2D eigenvalue weighted by molar-refractivity contribution is 7.93. The van der Waals surface area contributed by atoms with E-state index >= 15 is 0 Å². The van der Waals surface area contributed by atoms with Crippen LogP contribution in [0.1, 0.15) is 25.7 Å². The van der Waals surface area contributed by atoms with Gasteiger partial charge in [0.1, 0.15) is 9.84 Å². The van der Waals surface area contributed by atoms with Gasteiger partial charge in [0.05, 0.1) is 11.5 Å². The molecule has 2 rings (SSSR count). The van der Waals surface area contributed by atoms with Crippen LogP contribution in [-0.4, -0.2) is 64.6 Å². The summed E-state index contributed by atoms with van der Waals surface area (Å²) in [5, 5.41) is 3.29. The van der Waals surface area contributed by atoms with Gasteiger partial charge in [-0.1, -0.05) is 0 Å². The number of sulfonamides is 1. The number of rotatable bonds is 5. The maximum absolute atomic E-state index is 12.4. The summed E-state index contributed by atoms with van der Waals surface area (Å²) in [5.41, 5.74) is 0. The smallest absolute Gasteiger partial charge is 0.215 e. The Kier molecular flexibility index (Phi) is 5.09. The maximum atomic E-state index is 12.4. The van der Waals surface area contributed by atoms with Gasteiger partial charge in [0.25, 0.3) is 0 Å². The summed E-state index contributed by atoms with van der Waals surface area (Å²) in [6, 6.07) is 0.0710. The monoisotopic (exact) mass is 324 g/mol. The lowest BCUT2D eigenvalue weighted by atomic mass is 9.89. The van der Waals surface area contributed by atoms with E-state index in [4.69, 9.17) is 0 Å². The summed E-state index contributed by atoms with van der Waals surface area (Å²) in [6.07, 6.45) is 4.87. The van der Waals surface area contributed by atoms with Crippen molar-refractivity contribution in [3.8, 4) is 0 Å². The van der Waals surface area contributed by atoms with Gasteiger partial charge in [0, 0.05) is 18.8 Å². The molecule has 0 spiro atoms. The largest absolute Gasteiger partial charge is 0.317 e. The molecule has 118 valence electrons. The molecule has 0 bridgehead atoms. The van der Waals surface area contributed by atoms with E-state index in [0.29, 0.717) is 12.5 Å². The predicted molar refractivity (Wildman–Crippen MR) is 78.8 cm³/mol. The minimum atomic E-state index is -3.46. The molecule has 8 heteroatoms. The van der Waals surface area contributed by atoms with Crippen LogP contribution in [0.15, 0.2) is 0 Å². The van der Waals surface area contributed by atoms with E-state index in [9.17, 15) is 16.8 Å². The first-order chi connectivity index (χ1) is 9.30. The molecule has 2 aliphatic rings. The third-order valence-corrected chi connectivity index (χ3v) is 7.34. The highest BCUT2D eigenvalue weighted by Gasteiger charge is 2.38. The second kappa shape index (κ2) is 6.29. The summed E-state index contributed by atoms with van der Waals surface area (Å²) in [7, 11) is -6.70. The molecule has 2 saturated heterocycles. The van der Waals surface area contributed by atoms with E-state index in [1.807, 2.05) is 0 Å². The van der Waals surface area contributed by atoms with Crippen molar-refractivity contribution in [1.82, 2.24) is 9.62 Å². The van der Waals surface area contributed by atoms with Crippen LogP contribution in [0.3, 0.4) is 0 Å². The molecule has 1 unspecified atom stereocenters. The van der Waals surface area contributed by atoms with Crippen LogP contribution >= 0.6 is 0 Å².